The summed E-state index contributed by atoms with van der Waals surface area (Å²) in [6, 6.07) is 6.86. The first-order chi connectivity index (χ1) is 9.35. The minimum absolute atomic E-state index is 0.238. The summed E-state index contributed by atoms with van der Waals surface area (Å²) < 4.78 is 9.63. The lowest BCUT2D eigenvalue weighted by Gasteiger charge is -2.20. The van der Waals surface area contributed by atoms with Gasteiger partial charge < -0.3 is 4.74 Å². The van der Waals surface area contributed by atoms with Crippen LogP contribution in [0.2, 0.25) is 0 Å². The molecule has 2 N–H and O–H groups in total. The van der Waals surface area contributed by atoms with Crippen molar-refractivity contribution in [3.8, 4) is 11.4 Å². The topological polar surface area (TPSA) is 97.2 Å². The number of aromatic nitrogens is 2. The highest BCUT2D eigenvalue weighted by Crippen LogP contribution is 2.24. The third kappa shape index (κ3) is 3.47. The molecular formula is C13H15N3O4. The van der Waals surface area contributed by atoms with Crippen LogP contribution in [0.1, 0.15) is 20.8 Å². The maximum atomic E-state index is 11.8. The molecule has 20 heavy (non-hydrogen) atoms. The number of H-pyrrole nitrogens is 1. The Hall–Kier alpha value is -2.57. The second-order valence-corrected chi connectivity index (χ2v) is 5.12. The predicted molar refractivity (Wildman–Crippen MR) is 72.4 cm³/mol. The summed E-state index contributed by atoms with van der Waals surface area (Å²) in [5, 5.41) is 6.20. The van der Waals surface area contributed by atoms with Gasteiger partial charge in [0.15, 0.2) is 5.82 Å². The average molecular weight is 277 g/mol. The van der Waals surface area contributed by atoms with E-state index >= 15 is 0 Å². The lowest BCUT2D eigenvalue weighted by molar-refractivity contribution is 0.0636. The van der Waals surface area contributed by atoms with E-state index < -0.39 is 17.5 Å². The van der Waals surface area contributed by atoms with Crippen molar-refractivity contribution < 1.29 is 14.1 Å². The Kier molecular flexibility index (Phi) is 3.60. The van der Waals surface area contributed by atoms with E-state index in [1.807, 2.05) is 0 Å². The predicted octanol–water partition coefficient (Wildman–Crippen LogP) is 2.38. The smallest absolute Gasteiger partial charge is 0.439 e. The van der Waals surface area contributed by atoms with Gasteiger partial charge in [-0.1, -0.05) is 17.3 Å². The van der Waals surface area contributed by atoms with E-state index in [9.17, 15) is 9.59 Å². The highest BCUT2D eigenvalue weighted by atomic mass is 16.6. The van der Waals surface area contributed by atoms with Crippen LogP contribution in [0.3, 0.4) is 0 Å². The first-order valence-corrected chi connectivity index (χ1v) is 6.00. The zero-order chi connectivity index (χ0) is 14.8. The van der Waals surface area contributed by atoms with Gasteiger partial charge in [-0.25, -0.2) is 9.59 Å². The third-order valence-electron chi connectivity index (χ3n) is 2.26. The van der Waals surface area contributed by atoms with Crippen molar-refractivity contribution in [1.29, 1.82) is 0 Å². The summed E-state index contributed by atoms with van der Waals surface area (Å²) in [6.07, 6.45) is -0.587. The molecule has 0 bridgehead atoms. The highest BCUT2D eigenvalue weighted by molar-refractivity contribution is 5.90. The van der Waals surface area contributed by atoms with Crippen LogP contribution in [0.5, 0.6) is 0 Å². The number of anilines is 1. The molecule has 0 saturated heterocycles. The summed E-state index contributed by atoms with van der Waals surface area (Å²) in [6.45, 7) is 5.31. The van der Waals surface area contributed by atoms with Crippen LogP contribution in [-0.4, -0.2) is 21.8 Å². The molecule has 0 aliphatic heterocycles. The summed E-state index contributed by atoms with van der Waals surface area (Å²) in [5.74, 6) is -0.422. The van der Waals surface area contributed by atoms with Gasteiger partial charge in [-0.15, -0.1) is 0 Å². The molecule has 0 aliphatic rings. The quantitative estimate of drug-likeness (QED) is 0.878. The molecule has 0 saturated carbocycles. The van der Waals surface area contributed by atoms with Gasteiger partial charge in [0.1, 0.15) is 5.60 Å². The number of rotatable bonds is 2. The van der Waals surface area contributed by atoms with E-state index in [0.717, 1.165) is 0 Å². The molecule has 0 fully saturated rings. The summed E-state index contributed by atoms with van der Waals surface area (Å²) in [5.41, 5.74) is 0.400. The first kappa shape index (κ1) is 13.9. The third-order valence-corrected chi connectivity index (χ3v) is 2.26. The number of carbonyl (C=O) groups is 1. The standard InChI is InChI=1S/C13H15N3O4/c1-13(2,3)19-11(17)14-9-7-5-4-6-8(9)10-15-12(18)20-16-10/h4-7H,1-3H3,(H,14,17)(H,15,16,18). The van der Waals surface area contributed by atoms with Gasteiger partial charge in [-0.3, -0.25) is 14.8 Å². The molecule has 1 aromatic heterocycles. The molecule has 1 aromatic carbocycles. The molecule has 0 spiro atoms. The maximum Gasteiger partial charge on any atom is 0.439 e. The van der Waals surface area contributed by atoms with Crippen molar-refractivity contribution in [2.75, 3.05) is 5.32 Å². The van der Waals surface area contributed by atoms with Crippen molar-refractivity contribution >= 4 is 11.8 Å². The molecule has 2 aromatic rings. The van der Waals surface area contributed by atoms with Gasteiger partial charge in [0, 0.05) is 5.56 Å². The number of para-hydroxylation sites is 1. The van der Waals surface area contributed by atoms with E-state index in [4.69, 9.17) is 4.74 Å². The largest absolute Gasteiger partial charge is 0.444 e. The SMILES string of the molecule is CC(C)(C)OC(=O)Nc1ccccc1-c1noc(=O)[nH]1. The molecule has 0 radical (unpaired) electrons. The number of hydrogen-bond donors (Lipinski definition) is 2. The molecule has 7 heteroatoms. The second-order valence-electron chi connectivity index (χ2n) is 5.12. The summed E-state index contributed by atoms with van der Waals surface area (Å²) >= 11 is 0. The number of carbonyl (C=O) groups excluding carboxylic acids is 1. The number of aromatic amines is 1. The van der Waals surface area contributed by atoms with E-state index in [0.29, 0.717) is 11.3 Å². The maximum absolute atomic E-state index is 11.8. The molecule has 7 nitrogen and oxygen atoms in total. The molecule has 106 valence electrons. The van der Waals surface area contributed by atoms with Gasteiger partial charge in [0.25, 0.3) is 0 Å². The van der Waals surface area contributed by atoms with Gasteiger partial charge in [0.05, 0.1) is 5.69 Å². The van der Waals surface area contributed by atoms with Crippen molar-refractivity contribution in [3.63, 3.8) is 0 Å². The fourth-order valence-corrected chi connectivity index (χ4v) is 1.56. The lowest BCUT2D eigenvalue weighted by Crippen LogP contribution is -2.27. The minimum atomic E-state index is -0.660. The monoisotopic (exact) mass is 277 g/mol. The average Bonchev–Trinajstić information content (AvgIpc) is 2.74. The number of nitrogens with one attached hydrogen (secondary N) is 2. The van der Waals surface area contributed by atoms with Crippen LogP contribution >= 0.6 is 0 Å². The number of nitrogens with zero attached hydrogens (tertiary/aromatic N) is 1. The first-order valence-electron chi connectivity index (χ1n) is 6.00. The summed E-state index contributed by atoms with van der Waals surface area (Å²) in [7, 11) is 0. The van der Waals surface area contributed by atoms with E-state index in [1.54, 1.807) is 45.0 Å². The van der Waals surface area contributed by atoms with Gasteiger partial charge in [0.2, 0.25) is 0 Å². The molecule has 2 rings (SSSR count). The molecule has 1 heterocycles. The molecule has 1 amide bonds. The van der Waals surface area contributed by atoms with Crippen LogP contribution in [0, 0.1) is 0 Å². The molecule has 0 atom stereocenters. The van der Waals surface area contributed by atoms with Crippen LogP contribution in [-0.2, 0) is 4.74 Å². The zero-order valence-electron chi connectivity index (χ0n) is 11.4. The summed E-state index contributed by atoms with van der Waals surface area (Å²) in [4.78, 5) is 25.2. The Morgan fingerprint density at radius 3 is 2.65 bits per heavy atom. The fourth-order valence-electron chi connectivity index (χ4n) is 1.56. The number of amides is 1. The fraction of sp³-hybridized carbons (Fsp3) is 0.308. The Morgan fingerprint density at radius 2 is 2.05 bits per heavy atom. The zero-order valence-corrected chi connectivity index (χ0v) is 11.4. The van der Waals surface area contributed by atoms with Gasteiger partial charge in [-0.05, 0) is 32.9 Å². The Labute approximate surface area is 114 Å². The highest BCUT2D eigenvalue weighted by Gasteiger charge is 2.18. The van der Waals surface area contributed by atoms with E-state index in [1.165, 1.54) is 0 Å². The van der Waals surface area contributed by atoms with Crippen molar-refractivity contribution in [3.05, 3.63) is 34.8 Å². The van der Waals surface area contributed by atoms with Crippen molar-refractivity contribution in [2.45, 2.75) is 26.4 Å². The Bertz CT molecular complexity index is 666. The van der Waals surface area contributed by atoms with Crippen LogP contribution in [0.15, 0.2) is 33.6 Å². The number of benzene rings is 1. The van der Waals surface area contributed by atoms with Crippen molar-refractivity contribution in [2.24, 2.45) is 0 Å². The molecule has 0 unspecified atom stereocenters. The molecular weight excluding hydrogens is 262 g/mol. The van der Waals surface area contributed by atoms with E-state index in [2.05, 4.69) is 20.0 Å². The second kappa shape index (κ2) is 5.20. The number of hydrogen-bond acceptors (Lipinski definition) is 5. The van der Waals surface area contributed by atoms with Crippen LogP contribution in [0.25, 0.3) is 11.4 Å². The van der Waals surface area contributed by atoms with Gasteiger partial charge in [-0.2, -0.15) is 0 Å². The van der Waals surface area contributed by atoms with E-state index in [-0.39, 0.29) is 5.82 Å². The van der Waals surface area contributed by atoms with Crippen LogP contribution in [0.4, 0.5) is 10.5 Å². The van der Waals surface area contributed by atoms with Crippen molar-refractivity contribution in [1.82, 2.24) is 10.1 Å². The van der Waals surface area contributed by atoms with Gasteiger partial charge >= 0.3 is 11.8 Å². The lowest BCUT2D eigenvalue weighted by atomic mass is 10.1. The Balaban J connectivity index is 2.25. The normalized spacial score (nSPS) is 11.2. The Morgan fingerprint density at radius 1 is 1.35 bits per heavy atom. The molecule has 0 aliphatic carbocycles. The van der Waals surface area contributed by atoms with Crippen LogP contribution < -0.4 is 11.1 Å². The number of ether oxygens (including phenoxy) is 1. The minimum Gasteiger partial charge on any atom is -0.444 e.